The lowest BCUT2D eigenvalue weighted by molar-refractivity contribution is -0.137. The smallest absolute Gasteiger partial charge is 0.312 e. The van der Waals surface area contributed by atoms with Crippen LogP contribution in [0, 0.1) is 0 Å². The van der Waals surface area contributed by atoms with E-state index < -0.39 is 11.7 Å². The fraction of sp³-hybridized carbons (Fsp3) is 0.444. The second kappa shape index (κ2) is 3.96. The Labute approximate surface area is 80.2 Å². The highest BCUT2D eigenvalue weighted by molar-refractivity contribution is 5.18. The van der Waals surface area contributed by atoms with E-state index >= 15 is 0 Å². The highest BCUT2D eigenvalue weighted by Crippen LogP contribution is 2.28. The molecule has 0 radical (unpaired) electrons. The number of nitrogens with zero attached hydrogens (tertiary/aromatic N) is 1. The third-order valence-electron chi connectivity index (χ3n) is 1.99. The Morgan fingerprint density at radius 2 is 2.00 bits per heavy atom. The Morgan fingerprint density at radius 1 is 1.36 bits per heavy atom. The van der Waals surface area contributed by atoms with Gasteiger partial charge in [0, 0.05) is 12.2 Å². The van der Waals surface area contributed by atoms with Gasteiger partial charge in [0.1, 0.15) is 0 Å². The molecule has 1 rings (SSSR count). The third kappa shape index (κ3) is 2.45. The number of halogens is 3. The molecule has 0 spiro atoms. The molecule has 2 nitrogen and oxygen atoms in total. The third-order valence-corrected chi connectivity index (χ3v) is 1.99. The minimum Gasteiger partial charge on any atom is -0.312 e. The zero-order valence-corrected chi connectivity index (χ0v) is 7.89. The Hall–Kier alpha value is -1.10. The maximum absolute atomic E-state index is 12.1. The molecule has 0 saturated heterocycles. The summed E-state index contributed by atoms with van der Waals surface area (Å²) in [5.41, 5.74) is -0.120. The molecule has 0 fully saturated rings. The first-order chi connectivity index (χ1) is 6.45. The summed E-state index contributed by atoms with van der Waals surface area (Å²) in [6.07, 6.45) is -3.46. The summed E-state index contributed by atoms with van der Waals surface area (Å²) in [7, 11) is 1.73. The van der Waals surface area contributed by atoms with Gasteiger partial charge in [-0.2, -0.15) is 13.2 Å². The van der Waals surface area contributed by atoms with Crippen LogP contribution in [0.2, 0.25) is 0 Å². The van der Waals surface area contributed by atoms with Crippen molar-refractivity contribution in [3.63, 3.8) is 0 Å². The van der Waals surface area contributed by atoms with E-state index in [4.69, 9.17) is 0 Å². The molecule has 1 heterocycles. The Bertz CT molecular complexity index is 292. The topological polar surface area (TPSA) is 24.9 Å². The summed E-state index contributed by atoms with van der Waals surface area (Å²) in [5.74, 6) is 0. The molecule has 5 heteroatoms. The van der Waals surface area contributed by atoms with Crippen molar-refractivity contribution in [3.05, 3.63) is 29.6 Å². The van der Waals surface area contributed by atoms with E-state index in [1.807, 2.05) is 6.92 Å². The molecule has 0 saturated carbocycles. The van der Waals surface area contributed by atoms with E-state index in [1.54, 1.807) is 7.05 Å². The van der Waals surface area contributed by atoms with Crippen molar-refractivity contribution in [1.29, 1.82) is 0 Å². The standard InChI is InChI=1S/C9H11F3N2/c1-6(13-2)8-4-3-7(5-14-8)9(10,11)12/h3-6,13H,1-2H3. The minimum absolute atomic E-state index is 0.0442. The molecule has 0 aliphatic carbocycles. The van der Waals surface area contributed by atoms with Crippen LogP contribution in [0.25, 0.3) is 0 Å². The summed E-state index contributed by atoms with van der Waals surface area (Å²) >= 11 is 0. The van der Waals surface area contributed by atoms with Gasteiger partial charge in [-0.05, 0) is 26.1 Å². The van der Waals surface area contributed by atoms with Crippen LogP contribution in [0.15, 0.2) is 18.3 Å². The molecule has 1 atom stereocenters. The van der Waals surface area contributed by atoms with Crippen molar-refractivity contribution in [1.82, 2.24) is 10.3 Å². The van der Waals surface area contributed by atoms with Crippen molar-refractivity contribution < 1.29 is 13.2 Å². The first-order valence-corrected chi connectivity index (χ1v) is 4.15. The van der Waals surface area contributed by atoms with Crippen LogP contribution in [-0.2, 0) is 6.18 Å². The van der Waals surface area contributed by atoms with Gasteiger partial charge in [-0.25, -0.2) is 0 Å². The SMILES string of the molecule is CNC(C)c1ccc(C(F)(F)F)cn1. The predicted molar refractivity (Wildman–Crippen MR) is 46.7 cm³/mol. The normalized spacial score (nSPS) is 14.1. The molecule has 0 bridgehead atoms. The van der Waals surface area contributed by atoms with Gasteiger partial charge in [0.15, 0.2) is 0 Å². The van der Waals surface area contributed by atoms with E-state index in [1.165, 1.54) is 6.07 Å². The maximum atomic E-state index is 12.1. The number of aromatic nitrogens is 1. The van der Waals surface area contributed by atoms with Gasteiger partial charge in [-0.1, -0.05) is 0 Å². The van der Waals surface area contributed by atoms with Crippen LogP contribution in [0.5, 0.6) is 0 Å². The second-order valence-electron chi connectivity index (χ2n) is 2.98. The molecule has 0 amide bonds. The maximum Gasteiger partial charge on any atom is 0.417 e. The van der Waals surface area contributed by atoms with Gasteiger partial charge in [-0.15, -0.1) is 0 Å². The van der Waals surface area contributed by atoms with Gasteiger partial charge >= 0.3 is 6.18 Å². The molecule has 14 heavy (non-hydrogen) atoms. The van der Waals surface area contributed by atoms with E-state index in [9.17, 15) is 13.2 Å². The van der Waals surface area contributed by atoms with Crippen LogP contribution < -0.4 is 5.32 Å². The molecule has 78 valence electrons. The fourth-order valence-electron chi connectivity index (χ4n) is 0.977. The molecule has 1 unspecified atom stereocenters. The molecular weight excluding hydrogens is 193 g/mol. The quantitative estimate of drug-likeness (QED) is 0.800. The van der Waals surface area contributed by atoms with Crippen molar-refractivity contribution in [2.45, 2.75) is 19.1 Å². The van der Waals surface area contributed by atoms with Gasteiger partial charge < -0.3 is 5.32 Å². The largest absolute Gasteiger partial charge is 0.417 e. The van der Waals surface area contributed by atoms with Gasteiger partial charge in [-0.3, -0.25) is 4.98 Å². The molecular formula is C9H11F3N2. The van der Waals surface area contributed by atoms with Crippen LogP contribution in [-0.4, -0.2) is 12.0 Å². The van der Waals surface area contributed by atoms with Crippen molar-refractivity contribution in [3.8, 4) is 0 Å². The summed E-state index contributed by atoms with van der Waals surface area (Å²) in [6.45, 7) is 1.83. The van der Waals surface area contributed by atoms with Gasteiger partial charge in [0.05, 0.1) is 11.3 Å². The molecule has 1 aromatic rings. The van der Waals surface area contributed by atoms with Gasteiger partial charge in [0.2, 0.25) is 0 Å². The first kappa shape index (κ1) is 11.0. The van der Waals surface area contributed by atoms with E-state index in [2.05, 4.69) is 10.3 Å². The fourth-order valence-corrected chi connectivity index (χ4v) is 0.977. The van der Waals surface area contributed by atoms with Crippen LogP contribution in [0.4, 0.5) is 13.2 Å². The Balaban J connectivity index is 2.89. The number of hydrogen-bond acceptors (Lipinski definition) is 2. The number of alkyl halides is 3. The van der Waals surface area contributed by atoms with Crippen LogP contribution >= 0.6 is 0 Å². The summed E-state index contributed by atoms with van der Waals surface area (Å²) < 4.78 is 36.4. The average molecular weight is 204 g/mol. The molecule has 0 aliphatic heterocycles. The summed E-state index contributed by atoms with van der Waals surface area (Å²) in [6, 6.07) is 2.37. The van der Waals surface area contributed by atoms with E-state index in [0.717, 1.165) is 12.3 Å². The Morgan fingerprint density at radius 3 is 2.36 bits per heavy atom. The monoisotopic (exact) mass is 204 g/mol. The summed E-state index contributed by atoms with van der Waals surface area (Å²) in [5, 5.41) is 2.90. The second-order valence-corrected chi connectivity index (χ2v) is 2.98. The average Bonchev–Trinajstić information content (AvgIpc) is 2.15. The predicted octanol–water partition coefficient (Wildman–Crippen LogP) is 2.38. The van der Waals surface area contributed by atoms with Crippen molar-refractivity contribution in [2.75, 3.05) is 7.05 Å². The lowest BCUT2D eigenvalue weighted by Gasteiger charge is -2.11. The van der Waals surface area contributed by atoms with E-state index in [-0.39, 0.29) is 6.04 Å². The lowest BCUT2D eigenvalue weighted by atomic mass is 10.2. The molecule has 0 aliphatic rings. The van der Waals surface area contributed by atoms with Crippen LogP contribution in [0.3, 0.4) is 0 Å². The molecule has 0 aromatic carbocycles. The minimum atomic E-state index is -4.31. The zero-order chi connectivity index (χ0) is 10.8. The number of rotatable bonds is 2. The number of nitrogens with one attached hydrogen (secondary N) is 1. The molecule has 1 N–H and O–H groups in total. The highest BCUT2D eigenvalue weighted by atomic mass is 19.4. The van der Waals surface area contributed by atoms with Gasteiger partial charge in [0.25, 0.3) is 0 Å². The van der Waals surface area contributed by atoms with Crippen molar-refractivity contribution >= 4 is 0 Å². The van der Waals surface area contributed by atoms with Crippen LogP contribution in [0.1, 0.15) is 24.2 Å². The Kier molecular flexibility index (Phi) is 3.10. The first-order valence-electron chi connectivity index (χ1n) is 4.15. The zero-order valence-electron chi connectivity index (χ0n) is 7.89. The molecule has 1 aromatic heterocycles. The number of pyridine rings is 1. The van der Waals surface area contributed by atoms with E-state index in [0.29, 0.717) is 5.69 Å². The number of hydrogen-bond donors (Lipinski definition) is 1. The highest BCUT2D eigenvalue weighted by Gasteiger charge is 2.30. The lowest BCUT2D eigenvalue weighted by Crippen LogP contribution is -2.14. The summed E-state index contributed by atoms with van der Waals surface area (Å²) in [4.78, 5) is 3.73. The van der Waals surface area contributed by atoms with Crippen molar-refractivity contribution in [2.24, 2.45) is 0 Å².